The monoisotopic (exact) mass is 250 g/mol. The summed E-state index contributed by atoms with van der Waals surface area (Å²) in [6, 6.07) is 5.51. The lowest BCUT2D eigenvalue weighted by Gasteiger charge is -2.06. The second kappa shape index (κ2) is 5.45. The van der Waals surface area contributed by atoms with Crippen molar-refractivity contribution < 1.29 is 4.74 Å². The van der Waals surface area contributed by atoms with Crippen molar-refractivity contribution in [3.63, 3.8) is 0 Å². The minimum atomic E-state index is 0.224. The minimum absolute atomic E-state index is 0.224. The summed E-state index contributed by atoms with van der Waals surface area (Å²) in [6.07, 6.45) is 3.30. The zero-order valence-electron chi connectivity index (χ0n) is 9.22. The Labute approximate surface area is 104 Å². The summed E-state index contributed by atoms with van der Waals surface area (Å²) in [5.74, 6) is 1.27. The molecule has 0 fully saturated rings. The molecule has 0 unspecified atom stereocenters. The summed E-state index contributed by atoms with van der Waals surface area (Å²) in [7, 11) is 1.59. The molecular formula is C11H11ClN4O. The summed E-state index contributed by atoms with van der Waals surface area (Å²) in [4.78, 5) is 11.9. The van der Waals surface area contributed by atoms with E-state index in [1.165, 1.54) is 0 Å². The smallest absolute Gasteiger partial charge is 0.224 e. The van der Waals surface area contributed by atoms with Crippen LogP contribution in [0, 0.1) is 0 Å². The van der Waals surface area contributed by atoms with Crippen molar-refractivity contribution in [3.05, 3.63) is 41.4 Å². The number of methoxy groups -OCH3 is 1. The molecule has 0 aromatic carbocycles. The van der Waals surface area contributed by atoms with E-state index in [0.29, 0.717) is 18.2 Å². The van der Waals surface area contributed by atoms with Crippen LogP contribution in [0.15, 0.2) is 30.6 Å². The van der Waals surface area contributed by atoms with Crippen molar-refractivity contribution in [2.75, 3.05) is 12.4 Å². The van der Waals surface area contributed by atoms with Crippen LogP contribution >= 0.6 is 11.6 Å². The molecule has 2 rings (SSSR count). The van der Waals surface area contributed by atoms with Crippen molar-refractivity contribution in [2.45, 2.75) is 6.54 Å². The van der Waals surface area contributed by atoms with Gasteiger partial charge in [0, 0.05) is 25.0 Å². The maximum Gasteiger partial charge on any atom is 0.224 e. The van der Waals surface area contributed by atoms with Crippen molar-refractivity contribution in [1.82, 2.24) is 15.0 Å². The molecule has 0 aliphatic carbocycles. The summed E-state index contributed by atoms with van der Waals surface area (Å²) >= 11 is 5.68. The lowest BCUT2D eigenvalue weighted by atomic mass is 10.2. The third-order valence-corrected chi connectivity index (χ3v) is 2.29. The molecule has 2 aromatic heterocycles. The number of aromatic nitrogens is 3. The molecule has 0 aliphatic heterocycles. The van der Waals surface area contributed by atoms with E-state index in [1.807, 2.05) is 12.1 Å². The highest BCUT2D eigenvalue weighted by Gasteiger charge is 1.99. The molecule has 0 spiro atoms. The Hall–Kier alpha value is -1.88. The van der Waals surface area contributed by atoms with Gasteiger partial charge in [-0.2, -0.15) is 0 Å². The molecule has 5 nitrogen and oxygen atoms in total. The average molecular weight is 251 g/mol. The highest BCUT2D eigenvalue weighted by Crippen LogP contribution is 2.11. The molecule has 17 heavy (non-hydrogen) atoms. The second-order valence-corrected chi connectivity index (χ2v) is 3.61. The molecule has 0 saturated carbocycles. The Bertz CT molecular complexity index is 506. The van der Waals surface area contributed by atoms with Crippen LogP contribution in [0.4, 0.5) is 5.82 Å². The molecule has 2 aromatic rings. The SMILES string of the molecule is COc1cc(CNc2ccnc(Cl)n2)ccn1. The van der Waals surface area contributed by atoms with Gasteiger partial charge in [0.2, 0.25) is 11.2 Å². The van der Waals surface area contributed by atoms with Crippen LogP contribution in [-0.4, -0.2) is 22.1 Å². The molecular weight excluding hydrogens is 240 g/mol. The average Bonchev–Trinajstić information content (AvgIpc) is 2.37. The highest BCUT2D eigenvalue weighted by molar-refractivity contribution is 6.28. The molecule has 0 atom stereocenters. The van der Waals surface area contributed by atoms with E-state index in [4.69, 9.17) is 16.3 Å². The number of nitrogens with zero attached hydrogens (tertiary/aromatic N) is 3. The first-order chi connectivity index (χ1) is 8.28. The van der Waals surface area contributed by atoms with E-state index in [1.54, 1.807) is 25.6 Å². The van der Waals surface area contributed by atoms with Gasteiger partial charge in [-0.25, -0.2) is 15.0 Å². The van der Waals surface area contributed by atoms with Crippen LogP contribution < -0.4 is 10.1 Å². The predicted octanol–water partition coefficient (Wildman–Crippen LogP) is 2.15. The van der Waals surface area contributed by atoms with Crippen molar-refractivity contribution >= 4 is 17.4 Å². The van der Waals surface area contributed by atoms with Gasteiger partial charge in [0.05, 0.1) is 7.11 Å². The molecule has 2 heterocycles. The van der Waals surface area contributed by atoms with Crippen LogP contribution in [0.5, 0.6) is 5.88 Å². The maximum atomic E-state index is 5.68. The molecule has 0 aliphatic rings. The van der Waals surface area contributed by atoms with Crippen molar-refractivity contribution in [2.24, 2.45) is 0 Å². The molecule has 0 amide bonds. The molecule has 0 saturated heterocycles. The number of rotatable bonds is 4. The number of nitrogens with one attached hydrogen (secondary N) is 1. The fourth-order valence-corrected chi connectivity index (χ4v) is 1.45. The van der Waals surface area contributed by atoms with Gasteiger partial charge in [0.25, 0.3) is 0 Å². The van der Waals surface area contributed by atoms with Crippen molar-refractivity contribution in [1.29, 1.82) is 0 Å². The summed E-state index contributed by atoms with van der Waals surface area (Å²) in [5, 5.41) is 3.36. The van der Waals surface area contributed by atoms with Crippen LogP contribution in [0.25, 0.3) is 0 Å². The third-order valence-electron chi connectivity index (χ3n) is 2.11. The lowest BCUT2D eigenvalue weighted by molar-refractivity contribution is 0.397. The normalized spacial score (nSPS) is 10.0. The van der Waals surface area contributed by atoms with Crippen LogP contribution in [0.2, 0.25) is 5.28 Å². The van der Waals surface area contributed by atoms with Gasteiger partial charge in [0.1, 0.15) is 5.82 Å². The van der Waals surface area contributed by atoms with Crippen LogP contribution in [0.3, 0.4) is 0 Å². The molecule has 88 valence electrons. The number of pyridine rings is 1. The van der Waals surface area contributed by atoms with Gasteiger partial charge < -0.3 is 10.1 Å². The van der Waals surface area contributed by atoms with Crippen LogP contribution in [0.1, 0.15) is 5.56 Å². The molecule has 6 heteroatoms. The van der Waals surface area contributed by atoms with E-state index in [2.05, 4.69) is 20.3 Å². The second-order valence-electron chi connectivity index (χ2n) is 3.27. The van der Waals surface area contributed by atoms with Gasteiger partial charge in [0.15, 0.2) is 0 Å². The van der Waals surface area contributed by atoms with E-state index in [-0.39, 0.29) is 5.28 Å². The quantitative estimate of drug-likeness (QED) is 0.843. The fourth-order valence-electron chi connectivity index (χ4n) is 1.30. The van der Waals surface area contributed by atoms with Gasteiger partial charge in [-0.1, -0.05) is 0 Å². The van der Waals surface area contributed by atoms with Gasteiger partial charge in [-0.3, -0.25) is 0 Å². The van der Waals surface area contributed by atoms with E-state index in [9.17, 15) is 0 Å². The largest absolute Gasteiger partial charge is 0.481 e. The molecule has 0 radical (unpaired) electrons. The standard InChI is InChI=1S/C11H11ClN4O/c1-17-10-6-8(2-4-13-10)7-15-9-3-5-14-11(12)16-9/h2-6H,7H2,1H3,(H,14,15,16). The van der Waals surface area contributed by atoms with E-state index >= 15 is 0 Å². The van der Waals surface area contributed by atoms with Gasteiger partial charge >= 0.3 is 0 Å². The Morgan fingerprint density at radius 3 is 2.88 bits per heavy atom. The first kappa shape index (κ1) is 11.6. The van der Waals surface area contributed by atoms with E-state index < -0.39 is 0 Å². The number of hydrogen-bond acceptors (Lipinski definition) is 5. The Morgan fingerprint density at radius 1 is 1.29 bits per heavy atom. The lowest BCUT2D eigenvalue weighted by Crippen LogP contribution is -2.02. The molecule has 0 bridgehead atoms. The topological polar surface area (TPSA) is 59.9 Å². The Morgan fingerprint density at radius 2 is 2.12 bits per heavy atom. The zero-order valence-corrected chi connectivity index (χ0v) is 9.98. The Kier molecular flexibility index (Phi) is 3.72. The van der Waals surface area contributed by atoms with Gasteiger partial charge in [-0.05, 0) is 29.3 Å². The van der Waals surface area contributed by atoms with Crippen molar-refractivity contribution in [3.8, 4) is 5.88 Å². The maximum absolute atomic E-state index is 5.68. The zero-order chi connectivity index (χ0) is 12.1. The van der Waals surface area contributed by atoms with E-state index in [0.717, 1.165) is 5.56 Å². The first-order valence-corrected chi connectivity index (χ1v) is 5.37. The summed E-state index contributed by atoms with van der Waals surface area (Å²) < 4.78 is 5.04. The predicted molar refractivity (Wildman–Crippen MR) is 65.2 cm³/mol. The number of hydrogen-bond donors (Lipinski definition) is 1. The Balaban J connectivity index is 2.02. The van der Waals surface area contributed by atoms with Crippen LogP contribution in [-0.2, 0) is 6.54 Å². The number of anilines is 1. The summed E-state index contributed by atoms with van der Waals surface area (Å²) in [6.45, 7) is 0.617. The minimum Gasteiger partial charge on any atom is -0.481 e. The first-order valence-electron chi connectivity index (χ1n) is 4.99. The number of halogens is 1. The third kappa shape index (κ3) is 3.29. The molecule has 1 N–H and O–H groups in total. The number of ether oxygens (including phenoxy) is 1. The fraction of sp³-hybridized carbons (Fsp3) is 0.182. The highest BCUT2D eigenvalue weighted by atomic mass is 35.5. The van der Waals surface area contributed by atoms with Gasteiger partial charge in [-0.15, -0.1) is 0 Å². The summed E-state index contributed by atoms with van der Waals surface area (Å²) in [5.41, 5.74) is 1.05.